The monoisotopic (exact) mass is 424 g/mol. The number of alkyl halides is 1. The summed E-state index contributed by atoms with van der Waals surface area (Å²) in [4.78, 5) is 4.49. The maximum absolute atomic E-state index is 13.8. The van der Waals surface area contributed by atoms with Crippen LogP contribution in [0.15, 0.2) is 12.1 Å². The molecule has 0 saturated heterocycles. The molecule has 1 aromatic carbocycles. The average Bonchev–Trinajstić information content (AvgIpc) is 2.76. The first-order valence-electron chi connectivity index (χ1n) is 7.04. The molecule has 0 aliphatic carbocycles. The quantitative estimate of drug-likeness (QED) is 0.365. The molecule has 0 amide bonds. The minimum atomic E-state index is -0.214. The van der Waals surface area contributed by atoms with E-state index in [1.54, 1.807) is 12.1 Å². The summed E-state index contributed by atoms with van der Waals surface area (Å²) in [5.74, 6) is 0.904. The Hall–Kier alpha value is -0.400. The zero-order valence-corrected chi connectivity index (χ0v) is 15.1. The van der Waals surface area contributed by atoms with Crippen molar-refractivity contribution in [1.82, 2.24) is 9.55 Å². The average molecular weight is 425 g/mol. The highest BCUT2D eigenvalue weighted by atomic mass is 127. The molecule has 0 atom stereocenters. The Bertz CT molecular complexity index is 615. The summed E-state index contributed by atoms with van der Waals surface area (Å²) >= 11 is 7.94. The van der Waals surface area contributed by atoms with E-state index < -0.39 is 0 Å². The number of aromatic nitrogens is 2. The Labute approximate surface area is 143 Å². The fraction of sp³-hybridized carbons (Fsp3) is 0.533. The summed E-state index contributed by atoms with van der Waals surface area (Å²) in [6, 6.07) is 3.31. The van der Waals surface area contributed by atoms with Crippen LogP contribution >= 0.6 is 34.2 Å². The molecule has 6 heteroatoms. The van der Waals surface area contributed by atoms with Gasteiger partial charge in [0.05, 0.1) is 26.6 Å². The summed E-state index contributed by atoms with van der Waals surface area (Å²) < 4.78 is 21.9. The molecular weight excluding hydrogens is 406 g/mol. The van der Waals surface area contributed by atoms with Gasteiger partial charge in [0, 0.05) is 19.2 Å². The summed E-state index contributed by atoms with van der Waals surface area (Å²) in [5, 5.41) is 0. The molecule has 0 unspecified atom stereocenters. The molecule has 116 valence electrons. The van der Waals surface area contributed by atoms with Crippen LogP contribution in [0.2, 0.25) is 0 Å². The van der Waals surface area contributed by atoms with E-state index in [0.29, 0.717) is 9.45 Å². The van der Waals surface area contributed by atoms with Crippen LogP contribution in [0.25, 0.3) is 11.0 Å². The molecule has 0 aliphatic heterocycles. The minimum Gasteiger partial charge on any atom is -0.379 e. The zero-order valence-electron chi connectivity index (χ0n) is 12.2. The van der Waals surface area contributed by atoms with Gasteiger partial charge in [-0.25, -0.2) is 9.37 Å². The number of hydrogen-bond acceptors (Lipinski definition) is 2. The van der Waals surface area contributed by atoms with Gasteiger partial charge in [-0.05, 0) is 55.3 Å². The van der Waals surface area contributed by atoms with Crippen molar-refractivity contribution in [3.8, 4) is 0 Å². The number of benzene rings is 1. The summed E-state index contributed by atoms with van der Waals surface area (Å²) in [6.07, 6.45) is 2.18. The Morgan fingerprint density at radius 1 is 1.38 bits per heavy atom. The number of fused-ring (bicyclic) bond motifs is 1. The molecule has 0 N–H and O–H groups in total. The van der Waals surface area contributed by atoms with Crippen molar-refractivity contribution in [2.75, 3.05) is 6.61 Å². The maximum Gasteiger partial charge on any atom is 0.138 e. The first-order valence-corrected chi connectivity index (χ1v) is 8.66. The van der Waals surface area contributed by atoms with E-state index in [4.69, 9.17) is 16.3 Å². The zero-order chi connectivity index (χ0) is 15.4. The SMILES string of the molecule is CC(C)OCCCCn1c(CCl)nc2cc(I)c(F)cc21. The van der Waals surface area contributed by atoms with Crippen LogP contribution in [0.5, 0.6) is 0 Å². The van der Waals surface area contributed by atoms with Crippen LogP contribution in [-0.4, -0.2) is 22.3 Å². The number of hydrogen-bond donors (Lipinski definition) is 0. The third-order valence-corrected chi connectivity index (χ3v) is 4.28. The summed E-state index contributed by atoms with van der Waals surface area (Å²) in [5.41, 5.74) is 1.61. The maximum atomic E-state index is 13.8. The summed E-state index contributed by atoms with van der Waals surface area (Å²) in [7, 11) is 0. The van der Waals surface area contributed by atoms with Gasteiger partial charge >= 0.3 is 0 Å². The number of nitrogens with zero attached hydrogens (tertiary/aromatic N) is 2. The third-order valence-electron chi connectivity index (χ3n) is 3.22. The van der Waals surface area contributed by atoms with E-state index in [1.165, 1.54) is 0 Å². The third kappa shape index (κ3) is 4.29. The largest absolute Gasteiger partial charge is 0.379 e. The van der Waals surface area contributed by atoms with E-state index in [2.05, 4.69) is 4.98 Å². The lowest BCUT2D eigenvalue weighted by Crippen LogP contribution is -2.07. The van der Waals surface area contributed by atoms with Crippen LogP contribution in [-0.2, 0) is 17.2 Å². The van der Waals surface area contributed by atoms with Crippen molar-refractivity contribution in [2.45, 2.75) is 45.2 Å². The van der Waals surface area contributed by atoms with E-state index >= 15 is 0 Å². The number of imidazole rings is 1. The van der Waals surface area contributed by atoms with Crippen LogP contribution in [0.4, 0.5) is 4.39 Å². The Kier molecular flexibility index (Phi) is 6.25. The van der Waals surface area contributed by atoms with Gasteiger partial charge in [0.25, 0.3) is 0 Å². The normalized spacial score (nSPS) is 11.7. The topological polar surface area (TPSA) is 27.1 Å². The number of halogens is 3. The molecule has 0 bridgehead atoms. The highest BCUT2D eigenvalue weighted by Gasteiger charge is 2.12. The van der Waals surface area contributed by atoms with Crippen LogP contribution in [0, 0.1) is 9.39 Å². The first-order chi connectivity index (χ1) is 10.0. The van der Waals surface area contributed by atoms with Gasteiger partial charge in [0.1, 0.15) is 11.6 Å². The van der Waals surface area contributed by atoms with Crippen molar-refractivity contribution in [3.63, 3.8) is 0 Å². The Balaban J connectivity index is 2.12. The second-order valence-electron chi connectivity index (χ2n) is 5.19. The predicted octanol–water partition coefficient (Wildman–Crippen LogP) is 4.72. The van der Waals surface area contributed by atoms with Gasteiger partial charge in [-0.2, -0.15) is 0 Å². The van der Waals surface area contributed by atoms with Crippen LogP contribution < -0.4 is 0 Å². The molecule has 2 aromatic rings. The second kappa shape index (κ2) is 7.74. The first kappa shape index (κ1) is 17.0. The number of ether oxygens (including phenoxy) is 1. The lowest BCUT2D eigenvalue weighted by molar-refractivity contribution is 0.0754. The van der Waals surface area contributed by atoms with Gasteiger partial charge in [0.2, 0.25) is 0 Å². The molecule has 0 spiro atoms. The molecule has 0 saturated carbocycles. The Morgan fingerprint density at radius 3 is 2.81 bits per heavy atom. The lowest BCUT2D eigenvalue weighted by Gasteiger charge is -2.09. The molecule has 0 aliphatic rings. The lowest BCUT2D eigenvalue weighted by atomic mass is 10.3. The number of aryl methyl sites for hydroxylation is 1. The molecule has 0 radical (unpaired) electrons. The molecule has 21 heavy (non-hydrogen) atoms. The fourth-order valence-corrected chi connectivity index (χ4v) is 2.87. The van der Waals surface area contributed by atoms with Gasteiger partial charge in [-0.3, -0.25) is 0 Å². The smallest absolute Gasteiger partial charge is 0.138 e. The van der Waals surface area contributed by atoms with Crippen molar-refractivity contribution >= 4 is 45.2 Å². The summed E-state index contributed by atoms with van der Waals surface area (Å²) in [6.45, 7) is 5.57. The van der Waals surface area contributed by atoms with E-state index in [0.717, 1.165) is 42.9 Å². The molecule has 2 rings (SSSR count). The predicted molar refractivity (Wildman–Crippen MR) is 92.3 cm³/mol. The van der Waals surface area contributed by atoms with E-state index in [-0.39, 0.29) is 11.9 Å². The van der Waals surface area contributed by atoms with Crippen LogP contribution in [0.3, 0.4) is 0 Å². The van der Waals surface area contributed by atoms with Gasteiger partial charge in [-0.15, -0.1) is 11.6 Å². The van der Waals surface area contributed by atoms with Gasteiger partial charge in [0.15, 0.2) is 0 Å². The van der Waals surface area contributed by atoms with E-state index in [9.17, 15) is 4.39 Å². The molecular formula is C15H19ClFIN2O. The standard InChI is InChI=1S/C15H19ClFIN2O/c1-10(2)21-6-4-3-5-20-14-7-11(17)12(18)8-13(14)19-15(20)9-16/h7-8,10H,3-6,9H2,1-2H3. The van der Waals surface area contributed by atoms with Gasteiger partial charge in [-0.1, -0.05) is 0 Å². The van der Waals surface area contributed by atoms with Crippen molar-refractivity contribution in [1.29, 1.82) is 0 Å². The Morgan fingerprint density at radius 2 is 2.14 bits per heavy atom. The highest BCUT2D eigenvalue weighted by Crippen LogP contribution is 2.23. The van der Waals surface area contributed by atoms with Gasteiger partial charge < -0.3 is 9.30 Å². The molecule has 1 heterocycles. The number of rotatable bonds is 7. The van der Waals surface area contributed by atoms with Crippen molar-refractivity contribution in [2.24, 2.45) is 0 Å². The minimum absolute atomic E-state index is 0.214. The van der Waals surface area contributed by atoms with Crippen molar-refractivity contribution in [3.05, 3.63) is 27.3 Å². The highest BCUT2D eigenvalue weighted by molar-refractivity contribution is 14.1. The fourth-order valence-electron chi connectivity index (χ4n) is 2.21. The second-order valence-corrected chi connectivity index (χ2v) is 6.62. The van der Waals surface area contributed by atoms with E-state index in [1.807, 2.05) is 41.0 Å². The van der Waals surface area contributed by atoms with Crippen molar-refractivity contribution < 1.29 is 9.13 Å². The van der Waals surface area contributed by atoms with Crippen LogP contribution in [0.1, 0.15) is 32.5 Å². The molecule has 1 aromatic heterocycles. The number of unbranched alkanes of at least 4 members (excludes halogenated alkanes) is 1. The molecule has 0 fully saturated rings. The molecule has 3 nitrogen and oxygen atoms in total.